The highest BCUT2D eigenvalue weighted by Gasteiger charge is 2.23. The van der Waals surface area contributed by atoms with Crippen LogP contribution in [0.3, 0.4) is 0 Å². The molecule has 0 saturated carbocycles. The van der Waals surface area contributed by atoms with Crippen LogP contribution in [0.2, 0.25) is 0 Å². The predicted molar refractivity (Wildman–Crippen MR) is 99.8 cm³/mol. The molecule has 3 rings (SSSR count). The second kappa shape index (κ2) is 7.73. The molecule has 8 nitrogen and oxygen atoms in total. The summed E-state index contributed by atoms with van der Waals surface area (Å²) in [4.78, 5) is 20.8. The Labute approximate surface area is 158 Å². The topological polar surface area (TPSA) is 106 Å². The second-order valence-corrected chi connectivity index (χ2v) is 7.91. The monoisotopic (exact) mass is 385 g/mol. The molecule has 0 atom stereocenters. The average molecular weight is 385 g/mol. The number of carbonyl (C=O) groups excluding carboxylic acids is 1. The normalized spacial score (nSPS) is 14.7. The van der Waals surface area contributed by atoms with Gasteiger partial charge < -0.3 is 9.80 Å². The first-order chi connectivity index (χ1) is 12.9. The van der Waals surface area contributed by atoms with Gasteiger partial charge in [-0.2, -0.15) is 5.26 Å². The number of nitrogens with one attached hydrogen (secondary N) is 1. The van der Waals surface area contributed by atoms with Gasteiger partial charge >= 0.3 is 0 Å². The Kier molecular flexibility index (Phi) is 5.39. The van der Waals surface area contributed by atoms with E-state index in [-0.39, 0.29) is 10.8 Å². The van der Waals surface area contributed by atoms with Crippen LogP contribution in [0.1, 0.15) is 15.9 Å². The van der Waals surface area contributed by atoms with Gasteiger partial charge in [0.1, 0.15) is 5.82 Å². The zero-order chi connectivity index (χ0) is 19.4. The summed E-state index contributed by atoms with van der Waals surface area (Å²) < 4.78 is 25.8. The standard InChI is InChI=1S/C18H19N5O3S/c1-20-27(25,26)16-4-2-15(3-5-16)18(24)23-10-8-22(9-11-23)17-12-14(13-19)6-7-21-17/h2-7,12,20H,8-11H2,1H3. The van der Waals surface area contributed by atoms with Gasteiger partial charge in [-0.05, 0) is 43.4 Å². The van der Waals surface area contributed by atoms with Crippen molar-refractivity contribution in [2.24, 2.45) is 0 Å². The van der Waals surface area contributed by atoms with E-state index >= 15 is 0 Å². The molecule has 1 aliphatic rings. The SMILES string of the molecule is CNS(=O)(=O)c1ccc(C(=O)N2CCN(c3cc(C#N)ccn3)CC2)cc1. The fourth-order valence-corrected chi connectivity index (χ4v) is 3.61. The van der Waals surface area contributed by atoms with Crippen molar-refractivity contribution in [2.45, 2.75) is 4.90 Å². The van der Waals surface area contributed by atoms with Crippen LogP contribution in [0.5, 0.6) is 0 Å². The number of sulfonamides is 1. The third-order valence-electron chi connectivity index (χ3n) is 4.45. The molecule has 0 spiro atoms. The number of pyridine rings is 1. The van der Waals surface area contributed by atoms with E-state index in [9.17, 15) is 13.2 Å². The Balaban J connectivity index is 1.65. The third-order valence-corrected chi connectivity index (χ3v) is 5.88. The molecule has 2 heterocycles. The van der Waals surface area contributed by atoms with Gasteiger partial charge in [0.2, 0.25) is 10.0 Å². The molecule has 1 aromatic heterocycles. The van der Waals surface area contributed by atoms with Crippen LogP contribution in [-0.2, 0) is 10.0 Å². The Bertz CT molecular complexity index is 975. The molecule has 1 fully saturated rings. The largest absolute Gasteiger partial charge is 0.353 e. The van der Waals surface area contributed by atoms with Crippen LogP contribution in [-0.4, -0.2) is 57.4 Å². The number of carbonyl (C=O) groups is 1. The zero-order valence-electron chi connectivity index (χ0n) is 14.8. The summed E-state index contributed by atoms with van der Waals surface area (Å²) in [5.74, 6) is 0.588. The molecule has 0 aliphatic carbocycles. The Morgan fingerprint density at radius 1 is 1.15 bits per heavy atom. The Hall–Kier alpha value is -2.96. The van der Waals surface area contributed by atoms with Gasteiger partial charge in [-0.3, -0.25) is 4.79 Å². The molecule has 0 bridgehead atoms. The van der Waals surface area contributed by atoms with E-state index in [2.05, 4.69) is 15.8 Å². The van der Waals surface area contributed by atoms with Crippen molar-refractivity contribution in [2.75, 3.05) is 38.1 Å². The molecule has 9 heteroatoms. The Morgan fingerprint density at radius 3 is 2.41 bits per heavy atom. The number of nitrogens with zero attached hydrogens (tertiary/aromatic N) is 4. The fraction of sp³-hybridized carbons (Fsp3) is 0.278. The second-order valence-electron chi connectivity index (χ2n) is 6.03. The maximum absolute atomic E-state index is 12.7. The summed E-state index contributed by atoms with van der Waals surface area (Å²) in [5, 5.41) is 9.00. The minimum absolute atomic E-state index is 0.120. The molecule has 1 aromatic carbocycles. The molecule has 140 valence electrons. The van der Waals surface area contributed by atoms with E-state index in [0.717, 1.165) is 5.82 Å². The summed E-state index contributed by atoms with van der Waals surface area (Å²) in [7, 11) is -2.18. The van der Waals surface area contributed by atoms with Crippen molar-refractivity contribution >= 4 is 21.7 Å². The van der Waals surface area contributed by atoms with E-state index < -0.39 is 10.0 Å². The van der Waals surface area contributed by atoms with Gasteiger partial charge in [-0.15, -0.1) is 0 Å². The van der Waals surface area contributed by atoms with E-state index in [4.69, 9.17) is 5.26 Å². The number of rotatable bonds is 4. The molecule has 2 aromatic rings. The lowest BCUT2D eigenvalue weighted by atomic mass is 10.2. The van der Waals surface area contributed by atoms with Gasteiger partial charge in [-0.1, -0.05) is 0 Å². The number of aromatic nitrogens is 1. The molecule has 0 unspecified atom stereocenters. The van der Waals surface area contributed by atoms with Crippen molar-refractivity contribution in [3.63, 3.8) is 0 Å². The maximum atomic E-state index is 12.7. The molecule has 1 aliphatic heterocycles. The van der Waals surface area contributed by atoms with Gasteiger partial charge in [0.05, 0.1) is 16.5 Å². The van der Waals surface area contributed by atoms with Crippen LogP contribution in [0.15, 0.2) is 47.5 Å². The number of amides is 1. The fourth-order valence-electron chi connectivity index (χ4n) is 2.88. The van der Waals surface area contributed by atoms with Crippen LogP contribution in [0.25, 0.3) is 0 Å². The number of piperazine rings is 1. The van der Waals surface area contributed by atoms with E-state index in [1.807, 2.05) is 4.90 Å². The van der Waals surface area contributed by atoms with E-state index in [0.29, 0.717) is 37.3 Å². The quantitative estimate of drug-likeness (QED) is 0.835. The highest BCUT2D eigenvalue weighted by molar-refractivity contribution is 7.89. The van der Waals surface area contributed by atoms with Crippen molar-refractivity contribution in [1.29, 1.82) is 5.26 Å². The molecule has 27 heavy (non-hydrogen) atoms. The number of anilines is 1. The number of benzene rings is 1. The van der Waals surface area contributed by atoms with Gasteiger partial charge in [-0.25, -0.2) is 18.1 Å². The van der Waals surface area contributed by atoms with Crippen molar-refractivity contribution < 1.29 is 13.2 Å². The van der Waals surface area contributed by atoms with Gasteiger partial charge in [0, 0.05) is 37.9 Å². The average Bonchev–Trinajstić information content (AvgIpc) is 2.73. The summed E-state index contributed by atoms with van der Waals surface area (Å²) in [6.45, 7) is 2.27. The zero-order valence-corrected chi connectivity index (χ0v) is 15.6. The lowest BCUT2D eigenvalue weighted by molar-refractivity contribution is 0.0746. The number of nitriles is 1. The predicted octanol–water partition coefficient (Wildman–Crippen LogP) is 0.824. The Morgan fingerprint density at radius 2 is 1.81 bits per heavy atom. The molecule has 1 N–H and O–H groups in total. The number of hydrogen-bond donors (Lipinski definition) is 1. The minimum Gasteiger partial charge on any atom is -0.353 e. The van der Waals surface area contributed by atoms with Crippen molar-refractivity contribution in [3.8, 4) is 6.07 Å². The smallest absolute Gasteiger partial charge is 0.253 e. The van der Waals surface area contributed by atoms with E-state index in [1.165, 1.54) is 31.3 Å². The lowest BCUT2D eigenvalue weighted by Gasteiger charge is -2.35. The van der Waals surface area contributed by atoms with Crippen LogP contribution in [0, 0.1) is 11.3 Å². The number of hydrogen-bond acceptors (Lipinski definition) is 6. The molecule has 0 radical (unpaired) electrons. The van der Waals surface area contributed by atoms with E-state index in [1.54, 1.807) is 23.2 Å². The van der Waals surface area contributed by atoms with Crippen LogP contribution < -0.4 is 9.62 Å². The summed E-state index contributed by atoms with van der Waals surface area (Å²) in [6.07, 6.45) is 1.60. The maximum Gasteiger partial charge on any atom is 0.253 e. The third kappa shape index (κ3) is 4.07. The lowest BCUT2D eigenvalue weighted by Crippen LogP contribution is -2.49. The van der Waals surface area contributed by atoms with Crippen LogP contribution in [0.4, 0.5) is 5.82 Å². The minimum atomic E-state index is -3.52. The summed E-state index contributed by atoms with van der Waals surface area (Å²) in [5.41, 5.74) is 0.998. The molecular weight excluding hydrogens is 366 g/mol. The van der Waals surface area contributed by atoms with Crippen LogP contribution >= 0.6 is 0 Å². The first kappa shape index (κ1) is 18.8. The van der Waals surface area contributed by atoms with Crippen molar-refractivity contribution in [1.82, 2.24) is 14.6 Å². The first-order valence-corrected chi connectivity index (χ1v) is 9.87. The summed E-state index contributed by atoms with van der Waals surface area (Å²) in [6, 6.07) is 11.4. The molecular formula is C18H19N5O3S. The first-order valence-electron chi connectivity index (χ1n) is 8.38. The molecule has 1 saturated heterocycles. The summed E-state index contributed by atoms with van der Waals surface area (Å²) >= 11 is 0. The van der Waals surface area contributed by atoms with Gasteiger partial charge in [0.15, 0.2) is 0 Å². The van der Waals surface area contributed by atoms with Gasteiger partial charge in [0.25, 0.3) is 5.91 Å². The molecule has 1 amide bonds. The highest BCUT2D eigenvalue weighted by Crippen LogP contribution is 2.17. The highest BCUT2D eigenvalue weighted by atomic mass is 32.2. The van der Waals surface area contributed by atoms with Crippen molar-refractivity contribution in [3.05, 3.63) is 53.7 Å².